The summed E-state index contributed by atoms with van der Waals surface area (Å²) in [6, 6.07) is 9.46. The molecule has 0 radical (unpaired) electrons. The van der Waals surface area contributed by atoms with Crippen LogP contribution in [0.25, 0.3) is 0 Å². The van der Waals surface area contributed by atoms with Gasteiger partial charge >= 0.3 is 0 Å². The predicted octanol–water partition coefficient (Wildman–Crippen LogP) is -0.219. The molecule has 0 saturated carbocycles. The van der Waals surface area contributed by atoms with E-state index in [9.17, 15) is 9.59 Å². The number of benzene rings is 1. The first-order valence-corrected chi connectivity index (χ1v) is 5.51. The smallest absolute Gasteiger partial charge is 0.264 e. The third-order valence-corrected chi connectivity index (χ3v) is 2.51. The molecule has 2 amide bonds. The molecule has 1 unspecified atom stereocenters. The first-order valence-electron chi connectivity index (χ1n) is 5.51. The normalized spacial score (nSPS) is 17.8. The van der Waals surface area contributed by atoms with Crippen LogP contribution in [0.1, 0.15) is 12.0 Å². The number of oxime groups is 1. The molecule has 6 nitrogen and oxygen atoms in total. The van der Waals surface area contributed by atoms with Crippen molar-refractivity contribution in [1.82, 2.24) is 5.32 Å². The molecule has 0 aromatic heterocycles. The van der Waals surface area contributed by atoms with Crippen LogP contribution in [0.3, 0.4) is 0 Å². The maximum Gasteiger partial charge on any atom is 0.264 e. The largest absolute Gasteiger partial charge is 0.382 e. The van der Waals surface area contributed by atoms with Crippen molar-refractivity contribution < 1.29 is 14.4 Å². The standard InChI is InChI=1S/C12H13N3O3/c13-11(16)7-14-12(17)10-6-9(15-18-10)8-4-2-1-3-5-8/h1-5,10H,6-7H2,(H2,13,16)(H,14,17). The Morgan fingerprint density at radius 1 is 1.39 bits per heavy atom. The van der Waals surface area contributed by atoms with Gasteiger partial charge in [-0.05, 0) is 5.56 Å². The van der Waals surface area contributed by atoms with Crippen LogP contribution < -0.4 is 11.1 Å². The summed E-state index contributed by atoms with van der Waals surface area (Å²) in [5, 5.41) is 6.26. The molecule has 94 valence electrons. The van der Waals surface area contributed by atoms with Crippen LogP contribution in [0.5, 0.6) is 0 Å². The number of nitrogens with zero attached hydrogens (tertiary/aromatic N) is 1. The summed E-state index contributed by atoms with van der Waals surface area (Å²) in [7, 11) is 0. The second-order valence-corrected chi connectivity index (χ2v) is 3.89. The van der Waals surface area contributed by atoms with Gasteiger partial charge in [0, 0.05) is 6.42 Å². The molecule has 2 rings (SSSR count). The van der Waals surface area contributed by atoms with Crippen molar-refractivity contribution in [2.24, 2.45) is 10.9 Å². The van der Waals surface area contributed by atoms with Crippen LogP contribution in [0.2, 0.25) is 0 Å². The Hall–Kier alpha value is -2.37. The second-order valence-electron chi connectivity index (χ2n) is 3.89. The molecule has 1 aliphatic heterocycles. The number of rotatable bonds is 4. The minimum atomic E-state index is -0.695. The molecule has 1 aromatic rings. The van der Waals surface area contributed by atoms with E-state index in [1.54, 1.807) is 0 Å². The molecule has 1 aromatic carbocycles. The molecule has 1 atom stereocenters. The van der Waals surface area contributed by atoms with E-state index in [1.807, 2.05) is 30.3 Å². The fraction of sp³-hybridized carbons (Fsp3) is 0.250. The van der Waals surface area contributed by atoms with Crippen LogP contribution in [-0.2, 0) is 14.4 Å². The Morgan fingerprint density at radius 2 is 2.11 bits per heavy atom. The van der Waals surface area contributed by atoms with Crippen molar-refractivity contribution in [2.75, 3.05) is 6.54 Å². The van der Waals surface area contributed by atoms with Gasteiger partial charge in [-0.3, -0.25) is 9.59 Å². The Labute approximate surface area is 104 Å². The van der Waals surface area contributed by atoms with Crippen LogP contribution in [0.4, 0.5) is 0 Å². The molecule has 0 bridgehead atoms. The lowest BCUT2D eigenvalue weighted by Gasteiger charge is -2.07. The molecule has 0 fully saturated rings. The average Bonchev–Trinajstić information content (AvgIpc) is 2.86. The number of amides is 2. The van der Waals surface area contributed by atoms with Gasteiger partial charge in [-0.2, -0.15) is 0 Å². The summed E-state index contributed by atoms with van der Waals surface area (Å²) >= 11 is 0. The first-order chi connectivity index (χ1) is 8.66. The van der Waals surface area contributed by atoms with Crippen molar-refractivity contribution >= 4 is 17.5 Å². The van der Waals surface area contributed by atoms with E-state index in [1.165, 1.54) is 0 Å². The molecule has 0 saturated heterocycles. The van der Waals surface area contributed by atoms with E-state index in [4.69, 9.17) is 10.6 Å². The van der Waals surface area contributed by atoms with Gasteiger partial charge in [0.05, 0.1) is 12.3 Å². The fourth-order valence-electron chi connectivity index (χ4n) is 1.61. The Bertz CT molecular complexity index is 485. The van der Waals surface area contributed by atoms with E-state index in [0.29, 0.717) is 6.42 Å². The SMILES string of the molecule is NC(=O)CNC(=O)C1CC(c2ccccc2)=NO1. The van der Waals surface area contributed by atoms with Crippen LogP contribution >= 0.6 is 0 Å². The molecule has 1 heterocycles. The van der Waals surface area contributed by atoms with Gasteiger partial charge < -0.3 is 15.9 Å². The molecule has 18 heavy (non-hydrogen) atoms. The number of nitrogens with two attached hydrogens (primary N) is 1. The topological polar surface area (TPSA) is 93.8 Å². The number of nitrogens with one attached hydrogen (secondary N) is 1. The highest BCUT2D eigenvalue weighted by Gasteiger charge is 2.28. The molecular weight excluding hydrogens is 234 g/mol. The molecule has 1 aliphatic rings. The van der Waals surface area contributed by atoms with Gasteiger partial charge in [0.2, 0.25) is 12.0 Å². The summed E-state index contributed by atoms with van der Waals surface area (Å²) < 4.78 is 0. The number of hydrogen-bond acceptors (Lipinski definition) is 4. The number of hydrogen-bond donors (Lipinski definition) is 2. The number of carbonyl (C=O) groups is 2. The number of carbonyl (C=O) groups excluding carboxylic acids is 2. The Balaban J connectivity index is 1.91. The Morgan fingerprint density at radius 3 is 2.78 bits per heavy atom. The second kappa shape index (κ2) is 5.31. The lowest BCUT2D eigenvalue weighted by molar-refractivity contribution is -0.132. The van der Waals surface area contributed by atoms with Gasteiger partial charge in [0.25, 0.3) is 5.91 Å². The van der Waals surface area contributed by atoms with Crippen LogP contribution in [-0.4, -0.2) is 30.2 Å². The highest BCUT2D eigenvalue weighted by molar-refractivity contribution is 6.04. The van der Waals surface area contributed by atoms with Gasteiger partial charge in [-0.15, -0.1) is 0 Å². The average molecular weight is 247 g/mol. The quantitative estimate of drug-likeness (QED) is 0.770. The van der Waals surface area contributed by atoms with Gasteiger partial charge in [0.1, 0.15) is 0 Å². The van der Waals surface area contributed by atoms with E-state index < -0.39 is 12.0 Å². The van der Waals surface area contributed by atoms with Crippen molar-refractivity contribution in [3.05, 3.63) is 35.9 Å². The van der Waals surface area contributed by atoms with E-state index in [0.717, 1.165) is 11.3 Å². The lowest BCUT2D eigenvalue weighted by atomic mass is 10.0. The number of primary amides is 1. The van der Waals surface area contributed by atoms with Crippen molar-refractivity contribution in [3.63, 3.8) is 0 Å². The summed E-state index contributed by atoms with van der Waals surface area (Å²) in [4.78, 5) is 27.2. The van der Waals surface area contributed by atoms with Crippen LogP contribution in [0, 0.1) is 0 Å². The van der Waals surface area contributed by atoms with E-state index >= 15 is 0 Å². The molecule has 3 N–H and O–H groups in total. The minimum Gasteiger partial charge on any atom is -0.382 e. The van der Waals surface area contributed by atoms with Crippen molar-refractivity contribution in [2.45, 2.75) is 12.5 Å². The zero-order valence-electron chi connectivity index (χ0n) is 9.63. The third kappa shape index (κ3) is 2.85. The third-order valence-electron chi connectivity index (χ3n) is 2.51. The summed E-state index contributed by atoms with van der Waals surface area (Å²) in [6.07, 6.45) is -0.311. The predicted molar refractivity (Wildman–Crippen MR) is 64.7 cm³/mol. The molecule has 6 heteroatoms. The summed E-state index contributed by atoms with van der Waals surface area (Å²) in [5.74, 6) is -0.978. The van der Waals surface area contributed by atoms with Crippen molar-refractivity contribution in [3.8, 4) is 0 Å². The van der Waals surface area contributed by atoms with Gasteiger partial charge in [0.15, 0.2) is 0 Å². The highest BCUT2D eigenvalue weighted by Crippen LogP contribution is 2.16. The van der Waals surface area contributed by atoms with Crippen LogP contribution in [0.15, 0.2) is 35.5 Å². The van der Waals surface area contributed by atoms with E-state index in [2.05, 4.69) is 10.5 Å². The maximum absolute atomic E-state index is 11.6. The molecule has 0 spiro atoms. The lowest BCUT2D eigenvalue weighted by Crippen LogP contribution is -2.39. The zero-order chi connectivity index (χ0) is 13.0. The van der Waals surface area contributed by atoms with Crippen molar-refractivity contribution in [1.29, 1.82) is 0 Å². The highest BCUT2D eigenvalue weighted by atomic mass is 16.6. The maximum atomic E-state index is 11.6. The monoisotopic (exact) mass is 247 g/mol. The zero-order valence-corrected chi connectivity index (χ0v) is 9.63. The fourth-order valence-corrected chi connectivity index (χ4v) is 1.61. The molecular formula is C12H13N3O3. The first kappa shape index (κ1) is 12.1. The molecule has 0 aliphatic carbocycles. The van der Waals surface area contributed by atoms with Gasteiger partial charge in [-0.25, -0.2) is 0 Å². The summed E-state index contributed by atoms with van der Waals surface area (Å²) in [6.45, 7) is -0.195. The van der Waals surface area contributed by atoms with E-state index in [-0.39, 0.29) is 12.5 Å². The minimum absolute atomic E-state index is 0.195. The Kier molecular flexibility index (Phi) is 3.57. The summed E-state index contributed by atoms with van der Waals surface area (Å²) in [5.41, 5.74) is 6.57. The van der Waals surface area contributed by atoms with Gasteiger partial charge in [-0.1, -0.05) is 35.5 Å².